The fraction of sp³-hybridized carbons (Fsp3) is 0.200. The number of rotatable bonds is 0. The molecule has 3 rings (SSSR count). The van der Waals surface area contributed by atoms with Crippen molar-refractivity contribution in [2.45, 2.75) is 6.92 Å². The number of aromatic nitrogens is 3. The summed E-state index contributed by atoms with van der Waals surface area (Å²) in [6, 6.07) is 4.03. The van der Waals surface area contributed by atoms with Crippen LogP contribution in [0.2, 0.25) is 0 Å². The predicted molar refractivity (Wildman–Crippen MR) is 63.0 cm³/mol. The molecule has 0 saturated heterocycles. The van der Waals surface area contributed by atoms with E-state index in [4.69, 9.17) is 5.73 Å². The van der Waals surface area contributed by atoms with E-state index in [1.54, 1.807) is 0 Å². The molecule has 1 aromatic carbocycles. The highest BCUT2D eigenvalue weighted by Gasteiger charge is 2.10. The average molecular weight is 218 g/mol. The first-order valence-corrected chi connectivity index (χ1v) is 5.46. The van der Waals surface area contributed by atoms with E-state index in [1.807, 2.05) is 26.1 Å². The highest BCUT2D eigenvalue weighted by atomic mass is 32.1. The molecule has 5 heteroatoms. The highest BCUT2D eigenvalue weighted by Crippen LogP contribution is 2.30. The van der Waals surface area contributed by atoms with Gasteiger partial charge in [0.2, 0.25) is 0 Å². The zero-order valence-corrected chi connectivity index (χ0v) is 9.30. The zero-order chi connectivity index (χ0) is 10.6. The molecule has 2 N–H and O–H groups in total. The highest BCUT2D eigenvalue weighted by molar-refractivity contribution is 7.22. The third-order valence-electron chi connectivity index (χ3n) is 2.65. The monoisotopic (exact) mass is 218 g/mol. The summed E-state index contributed by atoms with van der Waals surface area (Å²) in [7, 11) is 2.01. The standard InChI is InChI=1S/C10H10N4S/c1-5-12-8-7(14(5)2)4-3-6-9(8)15-10(11)13-6/h3-4H,1-2H3,(H2,11,13). The lowest BCUT2D eigenvalue weighted by molar-refractivity contribution is 0.886. The van der Waals surface area contributed by atoms with Crippen LogP contribution in [0.5, 0.6) is 0 Å². The van der Waals surface area contributed by atoms with Crippen molar-refractivity contribution in [3.8, 4) is 0 Å². The summed E-state index contributed by atoms with van der Waals surface area (Å²) in [4.78, 5) is 8.78. The SMILES string of the molecule is Cc1nc2c3sc(N)nc3ccc2n1C. The number of nitrogens with two attached hydrogens (primary N) is 1. The Balaban J connectivity index is 2.59. The lowest BCUT2D eigenvalue weighted by Crippen LogP contribution is -1.89. The van der Waals surface area contributed by atoms with Crippen molar-refractivity contribution >= 4 is 37.7 Å². The summed E-state index contributed by atoms with van der Waals surface area (Å²) in [5.41, 5.74) is 8.76. The van der Waals surface area contributed by atoms with Crippen LogP contribution >= 0.6 is 11.3 Å². The third-order valence-corrected chi connectivity index (χ3v) is 3.55. The minimum atomic E-state index is 0.598. The summed E-state index contributed by atoms with van der Waals surface area (Å²) in [5.74, 6) is 1.00. The predicted octanol–water partition coefficient (Wildman–Crippen LogP) is 2.07. The smallest absolute Gasteiger partial charge is 0.181 e. The number of imidazole rings is 1. The fourth-order valence-electron chi connectivity index (χ4n) is 1.77. The van der Waals surface area contributed by atoms with Gasteiger partial charge in [0.1, 0.15) is 11.3 Å². The van der Waals surface area contributed by atoms with Crippen LogP contribution in [0, 0.1) is 6.92 Å². The van der Waals surface area contributed by atoms with Crippen LogP contribution in [-0.4, -0.2) is 14.5 Å². The van der Waals surface area contributed by atoms with Gasteiger partial charge >= 0.3 is 0 Å². The summed E-state index contributed by atoms with van der Waals surface area (Å²) in [5, 5.41) is 0.598. The Labute approximate surface area is 90.4 Å². The zero-order valence-electron chi connectivity index (χ0n) is 8.48. The second-order valence-corrected chi connectivity index (χ2v) is 4.58. The van der Waals surface area contributed by atoms with E-state index in [-0.39, 0.29) is 0 Å². The van der Waals surface area contributed by atoms with Gasteiger partial charge < -0.3 is 10.3 Å². The lowest BCUT2D eigenvalue weighted by Gasteiger charge is -1.95. The van der Waals surface area contributed by atoms with Crippen LogP contribution in [-0.2, 0) is 7.05 Å². The van der Waals surface area contributed by atoms with Gasteiger partial charge in [0.05, 0.1) is 15.7 Å². The minimum absolute atomic E-state index is 0.598. The van der Waals surface area contributed by atoms with Crippen molar-refractivity contribution in [2.75, 3.05) is 5.73 Å². The van der Waals surface area contributed by atoms with Gasteiger partial charge in [0.15, 0.2) is 5.13 Å². The van der Waals surface area contributed by atoms with Gasteiger partial charge in [-0.1, -0.05) is 11.3 Å². The van der Waals surface area contributed by atoms with E-state index < -0.39 is 0 Å². The third kappa shape index (κ3) is 1.07. The minimum Gasteiger partial charge on any atom is -0.375 e. The normalized spacial score (nSPS) is 11.6. The molecule has 4 nitrogen and oxygen atoms in total. The Morgan fingerprint density at radius 3 is 2.93 bits per heavy atom. The van der Waals surface area contributed by atoms with Crippen molar-refractivity contribution in [3.05, 3.63) is 18.0 Å². The number of aryl methyl sites for hydroxylation is 2. The number of nitrogen functional groups attached to an aromatic ring is 1. The largest absolute Gasteiger partial charge is 0.375 e. The summed E-state index contributed by atoms with van der Waals surface area (Å²) in [6.45, 7) is 2.00. The van der Waals surface area contributed by atoms with Gasteiger partial charge in [0.25, 0.3) is 0 Å². The van der Waals surface area contributed by atoms with Gasteiger partial charge in [-0.05, 0) is 19.1 Å². The van der Waals surface area contributed by atoms with Crippen LogP contribution in [0.4, 0.5) is 5.13 Å². The van der Waals surface area contributed by atoms with E-state index in [1.165, 1.54) is 11.3 Å². The second kappa shape index (κ2) is 2.70. The number of nitrogens with zero attached hydrogens (tertiary/aromatic N) is 3. The van der Waals surface area contributed by atoms with Gasteiger partial charge in [-0.2, -0.15) is 0 Å². The molecule has 0 aliphatic carbocycles. The Bertz CT molecular complexity index is 665. The second-order valence-electron chi connectivity index (χ2n) is 3.55. The maximum absolute atomic E-state index is 5.70. The molecule has 0 atom stereocenters. The van der Waals surface area contributed by atoms with Crippen molar-refractivity contribution in [1.29, 1.82) is 0 Å². The molecule has 0 radical (unpaired) electrons. The van der Waals surface area contributed by atoms with Crippen LogP contribution in [0.1, 0.15) is 5.82 Å². The Morgan fingerprint density at radius 1 is 1.33 bits per heavy atom. The number of hydrogen-bond acceptors (Lipinski definition) is 4. The van der Waals surface area contributed by atoms with Crippen molar-refractivity contribution in [2.24, 2.45) is 7.05 Å². The van der Waals surface area contributed by atoms with Crippen LogP contribution in [0.3, 0.4) is 0 Å². The van der Waals surface area contributed by atoms with Gasteiger partial charge in [-0.25, -0.2) is 9.97 Å². The number of anilines is 1. The quantitative estimate of drug-likeness (QED) is 0.628. The maximum Gasteiger partial charge on any atom is 0.181 e. The first-order valence-electron chi connectivity index (χ1n) is 4.65. The molecule has 0 saturated carbocycles. The first-order chi connectivity index (χ1) is 7.16. The molecule has 0 bridgehead atoms. The molecule has 3 aromatic rings. The number of fused-ring (bicyclic) bond motifs is 3. The van der Waals surface area contributed by atoms with E-state index in [9.17, 15) is 0 Å². The topological polar surface area (TPSA) is 56.7 Å². The molecule has 0 fully saturated rings. The summed E-state index contributed by atoms with van der Waals surface area (Å²) < 4.78 is 3.15. The van der Waals surface area contributed by atoms with E-state index in [2.05, 4.69) is 14.5 Å². The molecule has 0 aliphatic rings. The molecule has 2 aromatic heterocycles. The van der Waals surface area contributed by atoms with Gasteiger partial charge in [0, 0.05) is 7.05 Å². The molecule has 0 spiro atoms. The maximum atomic E-state index is 5.70. The Kier molecular flexibility index (Phi) is 1.56. The van der Waals surface area contributed by atoms with Gasteiger partial charge in [-0.3, -0.25) is 0 Å². The van der Waals surface area contributed by atoms with Crippen LogP contribution in [0.15, 0.2) is 12.1 Å². The van der Waals surface area contributed by atoms with Crippen molar-refractivity contribution in [1.82, 2.24) is 14.5 Å². The van der Waals surface area contributed by atoms with Crippen molar-refractivity contribution in [3.63, 3.8) is 0 Å². The van der Waals surface area contributed by atoms with Crippen LogP contribution in [0.25, 0.3) is 21.3 Å². The Morgan fingerprint density at radius 2 is 2.13 bits per heavy atom. The van der Waals surface area contributed by atoms with E-state index in [0.29, 0.717) is 5.13 Å². The van der Waals surface area contributed by atoms with Crippen LogP contribution < -0.4 is 5.73 Å². The van der Waals surface area contributed by atoms with E-state index in [0.717, 1.165) is 27.1 Å². The van der Waals surface area contributed by atoms with Gasteiger partial charge in [-0.15, -0.1) is 0 Å². The average Bonchev–Trinajstić information content (AvgIpc) is 2.69. The molecular formula is C10H10N4S. The first kappa shape index (κ1) is 8.67. The number of benzene rings is 1. The Hall–Kier alpha value is -1.62. The summed E-state index contributed by atoms with van der Waals surface area (Å²) >= 11 is 1.49. The molecule has 0 amide bonds. The number of thiazole rings is 1. The fourth-order valence-corrected chi connectivity index (χ4v) is 2.59. The van der Waals surface area contributed by atoms with E-state index >= 15 is 0 Å². The summed E-state index contributed by atoms with van der Waals surface area (Å²) in [6.07, 6.45) is 0. The molecular weight excluding hydrogens is 208 g/mol. The molecule has 2 heterocycles. The molecule has 0 aliphatic heterocycles. The lowest BCUT2D eigenvalue weighted by atomic mass is 10.3. The number of hydrogen-bond donors (Lipinski definition) is 1. The molecule has 15 heavy (non-hydrogen) atoms. The van der Waals surface area contributed by atoms with Crippen molar-refractivity contribution < 1.29 is 0 Å². The molecule has 76 valence electrons. The molecule has 0 unspecified atom stereocenters.